The summed E-state index contributed by atoms with van der Waals surface area (Å²) in [5.74, 6) is -0.493. The molecule has 1 unspecified atom stereocenters. The lowest BCUT2D eigenvalue weighted by Gasteiger charge is -2.21. The van der Waals surface area contributed by atoms with Crippen molar-refractivity contribution in [1.82, 2.24) is 5.32 Å². The van der Waals surface area contributed by atoms with E-state index in [9.17, 15) is 9.59 Å². The smallest absolute Gasteiger partial charge is 0.294 e. The predicted molar refractivity (Wildman–Crippen MR) is 73.1 cm³/mol. The number of alkyl halides is 1. The van der Waals surface area contributed by atoms with Gasteiger partial charge in [0.25, 0.3) is 0 Å². The second-order valence-corrected chi connectivity index (χ2v) is 4.64. The highest BCUT2D eigenvalue weighted by atomic mass is 35.5. The number of anilines is 1. The Kier molecular flexibility index (Phi) is 5.16. The third-order valence-corrected chi connectivity index (χ3v) is 2.70. The highest BCUT2D eigenvalue weighted by molar-refractivity contribution is 6.31. The van der Waals surface area contributed by atoms with Crippen molar-refractivity contribution in [2.45, 2.75) is 26.1 Å². The van der Waals surface area contributed by atoms with Gasteiger partial charge in [0.1, 0.15) is 5.38 Å². The summed E-state index contributed by atoms with van der Waals surface area (Å²) in [5, 5.41) is 1.53. The van der Waals surface area contributed by atoms with Gasteiger partial charge in [-0.25, -0.2) is 4.79 Å². The zero-order chi connectivity index (χ0) is 13.7. The molecule has 0 aliphatic heterocycles. The van der Waals surface area contributed by atoms with Gasteiger partial charge in [0.2, 0.25) is 5.91 Å². The van der Waals surface area contributed by atoms with E-state index in [1.165, 1.54) is 11.8 Å². The summed E-state index contributed by atoms with van der Waals surface area (Å²) >= 11 is 5.60. The SMILES string of the molecule is CCN(C(=O)NC(=O)C(C)Cl)c1ccc(C)cc1. The van der Waals surface area contributed by atoms with Gasteiger partial charge in [-0.2, -0.15) is 0 Å². The van der Waals surface area contributed by atoms with Crippen molar-refractivity contribution in [3.05, 3.63) is 29.8 Å². The number of benzene rings is 1. The van der Waals surface area contributed by atoms with Crippen LogP contribution in [0.25, 0.3) is 0 Å². The number of nitrogens with zero attached hydrogens (tertiary/aromatic N) is 1. The predicted octanol–water partition coefficient (Wildman–Crippen LogP) is 2.68. The van der Waals surface area contributed by atoms with Gasteiger partial charge in [-0.15, -0.1) is 11.6 Å². The quantitative estimate of drug-likeness (QED) is 0.857. The number of aryl methyl sites for hydroxylation is 1. The van der Waals surface area contributed by atoms with E-state index in [0.717, 1.165) is 11.3 Å². The van der Waals surface area contributed by atoms with Crippen molar-refractivity contribution in [3.63, 3.8) is 0 Å². The molecule has 0 radical (unpaired) electrons. The summed E-state index contributed by atoms with van der Waals surface area (Å²) in [6, 6.07) is 7.05. The van der Waals surface area contributed by atoms with Crippen LogP contribution in [0.2, 0.25) is 0 Å². The van der Waals surface area contributed by atoms with Crippen molar-refractivity contribution in [1.29, 1.82) is 0 Å². The van der Waals surface area contributed by atoms with E-state index in [1.54, 1.807) is 0 Å². The molecule has 0 aliphatic carbocycles. The third-order valence-electron chi connectivity index (χ3n) is 2.50. The van der Waals surface area contributed by atoms with E-state index in [1.807, 2.05) is 38.1 Å². The number of carbonyl (C=O) groups excluding carboxylic acids is 2. The van der Waals surface area contributed by atoms with Crippen molar-refractivity contribution >= 4 is 29.2 Å². The Labute approximate surface area is 112 Å². The number of amides is 3. The maximum Gasteiger partial charge on any atom is 0.328 e. The van der Waals surface area contributed by atoms with Gasteiger partial charge >= 0.3 is 6.03 Å². The molecule has 1 aromatic rings. The van der Waals surface area contributed by atoms with Crippen LogP contribution >= 0.6 is 11.6 Å². The molecule has 0 spiro atoms. The maximum atomic E-state index is 11.9. The molecule has 98 valence electrons. The van der Waals surface area contributed by atoms with Crippen LogP contribution in [0.15, 0.2) is 24.3 Å². The molecule has 0 saturated carbocycles. The highest BCUT2D eigenvalue weighted by Gasteiger charge is 2.18. The van der Waals surface area contributed by atoms with Crippen LogP contribution in [0.5, 0.6) is 0 Å². The van der Waals surface area contributed by atoms with Crippen LogP contribution in [-0.2, 0) is 4.79 Å². The molecular weight excluding hydrogens is 252 g/mol. The second kappa shape index (κ2) is 6.40. The number of hydrogen-bond acceptors (Lipinski definition) is 2. The van der Waals surface area contributed by atoms with Crippen molar-refractivity contribution in [2.75, 3.05) is 11.4 Å². The number of halogens is 1. The zero-order valence-electron chi connectivity index (χ0n) is 10.7. The molecule has 18 heavy (non-hydrogen) atoms. The first-order valence-electron chi connectivity index (χ1n) is 5.78. The molecule has 0 bridgehead atoms. The van der Waals surface area contributed by atoms with Crippen LogP contribution in [0.4, 0.5) is 10.5 Å². The van der Waals surface area contributed by atoms with Crippen molar-refractivity contribution in [3.8, 4) is 0 Å². The molecule has 0 aliphatic rings. The average molecular weight is 269 g/mol. The first-order chi connectivity index (χ1) is 8.45. The Balaban J connectivity index is 2.80. The summed E-state index contributed by atoms with van der Waals surface area (Å²) < 4.78 is 0. The number of imide groups is 1. The maximum absolute atomic E-state index is 11.9. The minimum Gasteiger partial charge on any atom is -0.294 e. The number of hydrogen-bond donors (Lipinski definition) is 1. The van der Waals surface area contributed by atoms with Gasteiger partial charge in [0.05, 0.1) is 0 Å². The van der Waals surface area contributed by atoms with Crippen LogP contribution in [0, 0.1) is 6.92 Å². The Morgan fingerprint density at radius 2 is 1.89 bits per heavy atom. The summed E-state index contributed by atoms with van der Waals surface area (Å²) in [7, 11) is 0. The van der Waals surface area contributed by atoms with Gasteiger partial charge < -0.3 is 0 Å². The van der Waals surface area contributed by atoms with E-state index >= 15 is 0 Å². The lowest BCUT2D eigenvalue weighted by atomic mass is 10.2. The van der Waals surface area contributed by atoms with Crippen molar-refractivity contribution in [2.24, 2.45) is 0 Å². The third kappa shape index (κ3) is 3.74. The van der Waals surface area contributed by atoms with Gasteiger partial charge in [0.15, 0.2) is 0 Å². The molecule has 5 heteroatoms. The number of nitrogens with one attached hydrogen (secondary N) is 1. The first kappa shape index (κ1) is 14.5. The van der Waals surface area contributed by atoms with E-state index in [4.69, 9.17) is 11.6 Å². The fourth-order valence-corrected chi connectivity index (χ4v) is 1.50. The normalized spacial score (nSPS) is 11.8. The fraction of sp³-hybridized carbons (Fsp3) is 0.385. The van der Waals surface area contributed by atoms with E-state index in [2.05, 4.69) is 5.32 Å². The molecular formula is C13H17ClN2O2. The molecule has 1 N–H and O–H groups in total. The minimum atomic E-state index is -0.731. The lowest BCUT2D eigenvalue weighted by molar-refractivity contribution is -0.119. The summed E-state index contributed by atoms with van der Waals surface area (Å²) in [6.45, 7) is 5.80. The van der Waals surface area contributed by atoms with Crippen LogP contribution in [-0.4, -0.2) is 23.9 Å². The Hall–Kier alpha value is -1.55. The second-order valence-electron chi connectivity index (χ2n) is 3.99. The molecule has 3 amide bonds. The minimum absolute atomic E-state index is 0.459. The summed E-state index contributed by atoms with van der Waals surface area (Å²) in [4.78, 5) is 24.8. The molecule has 1 rings (SSSR count). The summed E-state index contributed by atoms with van der Waals surface area (Å²) in [5.41, 5.74) is 1.86. The van der Waals surface area contributed by atoms with Crippen LogP contribution in [0.3, 0.4) is 0 Å². The van der Waals surface area contributed by atoms with Gasteiger partial charge in [-0.1, -0.05) is 17.7 Å². The highest BCUT2D eigenvalue weighted by Crippen LogP contribution is 2.15. The Morgan fingerprint density at radius 3 is 2.33 bits per heavy atom. The molecule has 0 fully saturated rings. The molecule has 1 atom stereocenters. The average Bonchev–Trinajstić information content (AvgIpc) is 2.32. The van der Waals surface area contributed by atoms with E-state index in [-0.39, 0.29) is 0 Å². The molecule has 0 heterocycles. The van der Waals surface area contributed by atoms with E-state index < -0.39 is 17.3 Å². The first-order valence-corrected chi connectivity index (χ1v) is 6.22. The molecule has 4 nitrogen and oxygen atoms in total. The largest absolute Gasteiger partial charge is 0.328 e. The standard InChI is InChI=1S/C13H17ClN2O2/c1-4-16(11-7-5-9(2)6-8-11)13(18)15-12(17)10(3)14/h5-8,10H,4H2,1-3H3,(H,15,17,18). The number of carbonyl (C=O) groups is 2. The topological polar surface area (TPSA) is 49.4 Å². The van der Waals surface area contributed by atoms with Gasteiger partial charge in [-0.3, -0.25) is 15.0 Å². The summed E-state index contributed by atoms with van der Waals surface area (Å²) in [6.07, 6.45) is 0. The Bertz CT molecular complexity index is 429. The molecule has 0 aromatic heterocycles. The van der Waals surface area contributed by atoms with Crippen molar-refractivity contribution < 1.29 is 9.59 Å². The molecule has 1 aromatic carbocycles. The van der Waals surface area contributed by atoms with E-state index in [0.29, 0.717) is 6.54 Å². The lowest BCUT2D eigenvalue weighted by Crippen LogP contribution is -2.45. The number of rotatable bonds is 3. The van der Waals surface area contributed by atoms with Crippen LogP contribution < -0.4 is 10.2 Å². The number of urea groups is 1. The van der Waals surface area contributed by atoms with Crippen LogP contribution in [0.1, 0.15) is 19.4 Å². The fourth-order valence-electron chi connectivity index (χ4n) is 1.44. The van der Waals surface area contributed by atoms with Gasteiger partial charge in [-0.05, 0) is 32.9 Å². The monoisotopic (exact) mass is 268 g/mol. The van der Waals surface area contributed by atoms with Gasteiger partial charge in [0, 0.05) is 12.2 Å². The zero-order valence-corrected chi connectivity index (χ0v) is 11.5. The Morgan fingerprint density at radius 1 is 1.33 bits per heavy atom. The molecule has 0 saturated heterocycles.